The third kappa shape index (κ3) is 3.99. The van der Waals surface area contributed by atoms with Gasteiger partial charge in [-0.05, 0) is 32.1 Å². The van der Waals surface area contributed by atoms with Crippen molar-refractivity contribution in [2.45, 2.75) is 52.2 Å². The maximum Gasteiger partial charge on any atom is 0.150 e. The number of aromatic nitrogens is 2. The van der Waals surface area contributed by atoms with E-state index in [1.165, 1.54) is 0 Å². The van der Waals surface area contributed by atoms with Gasteiger partial charge >= 0.3 is 0 Å². The molecule has 2 heterocycles. The number of nitrogens with zero attached hydrogens (tertiary/aromatic N) is 2. The highest BCUT2D eigenvalue weighted by atomic mass is 35.5. The lowest BCUT2D eigenvalue weighted by Crippen LogP contribution is -2.19. The number of sulfone groups is 1. The zero-order valence-corrected chi connectivity index (χ0v) is 14.1. The Morgan fingerprint density at radius 2 is 2.19 bits per heavy atom. The molecule has 2 rings (SSSR count). The van der Waals surface area contributed by atoms with Crippen molar-refractivity contribution >= 4 is 21.4 Å². The van der Waals surface area contributed by atoms with E-state index >= 15 is 0 Å². The first-order chi connectivity index (χ1) is 9.86. The van der Waals surface area contributed by atoms with Gasteiger partial charge in [-0.25, -0.2) is 8.42 Å². The van der Waals surface area contributed by atoms with Crippen LogP contribution in [-0.4, -0.2) is 40.9 Å². The van der Waals surface area contributed by atoms with Crippen molar-refractivity contribution in [1.82, 2.24) is 9.78 Å². The average molecular weight is 335 g/mol. The summed E-state index contributed by atoms with van der Waals surface area (Å²) in [5, 5.41) is 15.3. The molecule has 1 fully saturated rings. The van der Waals surface area contributed by atoms with Crippen molar-refractivity contribution in [1.29, 1.82) is 0 Å². The molecule has 1 aromatic heterocycles. The molecule has 1 aromatic rings. The molecule has 7 heteroatoms. The number of hydrogen-bond acceptors (Lipinski definition) is 4. The van der Waals surface area contributed by atoms with Crippen LogP contribution in [0.3, 0.4) is 0 Å². The molecule has 21 heavy (non-hydrogen) atoms. The van der Waals surface area contributed by atoms with Crippen LogP contribution in [0.4, 0.5) is 0 Å². The predicted octanol–water partition coefficient (Wildman–Crippen LogP) is 1.85. The van der Waals surface area contributed by atoms with Crippen molar-refractivity contribution in [3.63, 3.8) is 0 Å². The van der Waals surface area contributed by atoms with E-state index in [1.54, 1.807) is 0 Å². The van der Waals surface area contributed by atoms with Gasteiger partial charge in [-0.3, -0.25) is 4.68 Å². The lowest BCUT2D eigenvalue weighted by Gasteiger charge is -2.15. The number of aliphatic hydroxyl groups excluding tert-OH is 1. The summed E-state index contributed by atoms with van der Waals surface area (Å²) in [4.78, 5) is 0. The Labute approximate surface area is 131 Å². The largest absolute Gasteiger partial charge is 0.393 e. The zero-order valence-electron chi connectivity index (χ0n) is 12.5. The fourth-order valence-corrected chi connectivity index (χ4v) is 5.19. The van der Waals surface area contributed by atoms with E-state index in [-0.39, 0.29) is 17.4 Å². The van der Waals surface area contributed by atoms with Crippen LogP contribution in [0.2, 0.25) is 5.02 Å². The number of halogens is 1. The maximum atomic E-state index is 11.5. The zero-order chi connectivity index (χ0) is 15.6. The van der Waals surface area contributed by atoms with Gasteiger partial charge in [-0.1, -0.05) is 18.5 Å². The topological polar surface area (TPSA) is 72.2 Å². The van der Waals surface area contributed by atoms with Crippen molar-refractivity contribution < 1.29 is 13.5 Å². The third-order valence-corrected chi connectivity index (χ3v) is 6.33. The number of hydrogen-bond donors (Lipinski definition) is 1. The smallest absolute Gasteiger partial charge is 0.150 e. The molecule has 5 nitrogen and oxygen atoms in total. The second-order valence-corrected chi connectivity index (χ2v) is 8.35. The molecule has 2 atom stereocenters. The fraction of sp³-hybridized carbons (Fsp3) is 0.786. The van der Waals surface area contributed by atoms with E-state index in [4.69, 9.17) is 11.6 Å². The van der Waals surface area contributed by atoms with Gasteiger partial charge in [0.05, 0.1) is 34.0 Å². The molecule has 1 aliphatic heterocycles. The minimum absolute atomic E-state index is 0.0624. The van der Waals surface area contributed by atoms with E-state index < -0.39 is 15.9 Å². The molecule has 0 amide bonds. The molecule has 120 valence electrons. The summed E-state index contributed by atoms with van der Waals surface area (Å²) < 4.78 is 24.8. The van der Waals surface area contributed by atoms with Crippen LogP contribution in [0.5, 0.6) is 0 Å². The first-order valence-corrected chi connectivity index (χ1v) is 9.68. The molecule has 2 unspecified atom stereocenters. The molecule has 0 spiro atoms. The van der Waals surface area contributed by atoms with Gasteiger partial charge < -0.3 is 5.11 Å². The van der Waals surface area contributed by atoms with Gasteiger partial charge in [0.1, 0.15) is 0 Å². The van der Waals surface area contributed by atoms with Gasteiger partial charge in [0.25, 0.3) is 0 Å². The van der Waals surface area contributed by atoms with E-state index in [0.717, 1.165) is 17.8 Å². The standard InChI is InChI=1S/C14H23ClN2O3S/c1-3-12-14(15)13(17(4-2)16-12)8-11(18)7-10-5-6-21(19,20)9-10/h10-11,18H,3-9H2,1-2H3. The normalized spacial score (nSPS) is 22.6. The van der Waals surface area contributed by atoms with E-state index in [9.17, 15) is 13.5 Å². The molecular formula is C14H23ClN2O3S. The van der Waals surface area contributed by atoms with Crippen molar-refractivity contribution in [3.8, 4) is 0 Å². The summed E-state index contributed by atoms with van der Waals surface area (Å²) in [6.07, 6.45) is 1.77. The van der Waals surface area contributed by atoms with Crippen LogP contribution in [0.15, 0.2) is 0 Å². The van der Waals surface area contributed by atoms with Crippen LogP contribution < -0.4 is 0 Å². The molecule has 0 aliphatic carbocycles. The summed E-state index contributed by atoms with van der Waals surface area (Å²) in [5.74, 6) is 0.510. The quantitative estimate of drug-likeness (QED) is 0.861. The van der Waals surface area contributed by atoms with Crippen LogP contribution >= 0.6 is 11.6 Å². The highest BCUT2D eigenvalue weighted by Crippen LogP contribution is 2.27. The first-order valence-electron chi connectivity index (χ1n) is 7.48. The van der Waals surface area contributed by atoms with Crippen LogP contribution in [-0.2, 0) is 29.2 Å². The van der Waals surface area contributed by atoms with E-state index in [2.05, 4.69) is 5.10 Å². The summed E-state index contributed by atoms with van der Waals surface area (Å²) in [7, 11) is -2.89. The number of aliphatic hydroxyl groups is 1. The molecule has 1 N–H and O–H groups in total. The SMILES string of the molecule is CCc1nn(CC)c(CC(O)CC2CCS(=O)(=O)C2)c1Cl. The predicted molar refractivity (Wildman–Crippen MR) is 83.4 cm³/mol. The molecule has 1 aliphatic rings. The molecule has 0 radical (unpaired) electrons. The lowest BCUT2D eigenvalue weighted by atomic mass is 9.98. The summed E-state index contributed by atoms with van der Waals surface area (Å²) in [5.41, 5.74) is 1.70. The number of rotatable bonds is 6. The maximum absolute atomic E-state index is 11.5. The van der Waals surface area contributed by atoms with Crippen molar-refractivity contribution in [2.24, 2.45) is 5.92 Å². The van der Waals surface area contributed by atoms with Gasteiger partial charge in [0.2, 0.25) is 0 Å². The Balaban J connectivity index is 2.03. The Kier molecular flexibility index (Phi) is 5.33. The van der Waals surface area contributed by atoms with Gasteiger partial charge in [0, 0.05) is 13.0 Å². The summed E-state index contributed by atoms with van der Waals surface area (Å²) >= 11 is 6.32. The van der Waals surface area contributed by atoms with E-state index in [0.29, 0.717) is 30.8 Å². The monoisotopic (exact) mass is 334 g/mol. The second-order valence-electron chi connectivity index (χ2n) is 5.74. The average Bonchev–Trinajstić information content (AvgIpc) is 2.90. The van der Waals surface area contributed by atoms with Gasteiger partial charge in [-0.15, -0.1) is 0 Å². The molecular weight excluding hydrogens is 312 g/mol. The highest BCUT2D eigenvalue weighted by Gasteiger charge is 2.30. The Morgan fingerprint density at radius 3 is 2.71 bits per heavy atom. The Hall–Kier alpha value is -0.590. The highest BCUT2D eigenvalue weighted by molar-refractivity contribution is 7.91. The van der Waals surface area contributed by atoms with Gasteiger partial charge in [0.15, 0.2) is 9.84 Å². The van der Waals surface area contributed by atoms with Crippen LogP contribution in [0, 0.1) is 5.92 Å². The molecule has 0 bridgehead atoms. The molecule has 0 aromatic carbocycles. The minimum Gasteiger partial charge on any atom is -0.393 e. The lowest BCUT2D eigenvalue weighted by molar-refractivity contribution is 0.144. The summed E-state index contributed by atoms with van der Waals surface area (Å²) in [6, 6.07) is 0. The number of aryl methyl sites for hydroxylation is 2. The van der Waals surface area contributed by atoms with E-state index in [1.807, 2.05) is 18.5 Å². The molecule has 1 saturated heterocycles. The van der Waals surface area contributed by atoms with Crippen LogP contribution in [0.1, 0.15) is 38.1 Å². The first kappa shape index (κ1) is 16.8. The Morgan fingerprint density at radius 1 is 1.48 bits per heavy atom. The summed E-state index contributed by atoms with van der Waals surface area (Å²) in [6.45, 7) is 4.69. The van der Waals surface area contributed by atoms with Crippen molar-refractivity contribution in [3.05, 3.63) is 16.4 Å². The second kappa shape index (κ2) is 6.67. The van der Waals surface area contributed by atoms with Crippen LogP contribution in [0.25, 0.3) is 0 Å². The third-order valence-electron chi connectivity index (χ3n) is 4.06. The fourth-order valence-electron chi connectivity index (χ4n) is 2.96. The molecule has 0 saturated carbocycles. The van der Waals surface area contributed by atoms with Gasteiger partial charge in [-0.2, -0.15) is 5.10 Å². The minimum atomic E-state index is -2.89. The Bertz CT molecular complexity index is 598. The van der Waals surface area contributed by atoms with Crippen molar-refractivity contribution in [2.75, 3.05) is 11.5 Å².